The number of carbonyl (C=O) groups is 2. The lowest BCUT2D eigenvalue weighted by Crippen LogP contribution is -2.43. The molecule has 7 heteroatoms. The minimum Gasteiger partial charge on any atom is -0.355 e. The zero-order chi connectivity index (χ0) is 26.2. The van der Waals surface area contributed by atoms with E-state index in [1.165, 1.54) is 18.3 Å². The molecule has 0 radical (unpaired) electrons. The molecular weight excluding hydrogens is 479 g/mol. The van der Waals surface area contributed by atoms with E-state index < -0.39 is 0 Å². The maximum Gasteiger partial charge on any atom is 0.232 e. The summed E-state index contributed by atoms with van der Waals surface area (Å²) in [6, 6.07) is 20.9. The number of hydrogen-bond donors (Lipinski definition) is 3. The molecule has 0 aromatic heterocycles. The van der Waals surface area contributed by atoms with Gasteiger partial charge in [-0.05, 0) is 73.2 Å². The van der Waals surface area contributed by atoms with Crippen LogP contribution in [-0.2, 0) is 9.59 Å². The summed E-state index contributed by atoms with van der Waals surface area (Å²) < 4.78 is 13.4. The highest BCUT2D eigenvalue weighted by molar-refractivity contribution is 6.01. The fourth-order valence-corrected chi connectivity index (χ4v) is 5.53. The molecule has 3 fully saturated rings. The van der Waals surface area contributed by atoms with E-state index in [0.717, 1.165) is 37.7 Å². The summed E-state index contributed by atoms with van der Waals surface area (Å²) in [7, 11) is 0. The van der Waals surface area contributed by atoms with Gasteiger partial charge in [-0.15, -0.1) is 0 Å². The van der Waals surface area contributed by atoms with Gasteiger partial charge in [-0.3, -0.25) is 9.59 Å². The van der Waals surface area contributed by atoms with Crippen LogP contribution in [0.15, 0.2) is 72.8 Å². The van der Waals surface area contributed by atoms with Crippen LogP contribution in [-0.4, -0.2) is 24.1 Å². The average molecular weight is 513 g/mol. The van der Waals surface area contributed by atoms with Gasteiger partial charge in [0.25, 0.3) is 0 Å². The molecule has 2 unspecified atom stereocenters. The number of nitrogens with zero attached hydrogens (tertiary/aromatic N) is 1. The van der Waals surface area contributed by atoms with Crippen LogP contribution in [0.3, 0.4) is 0 Å². The number of hydrogen-bond acceptors (Lipinski definition) is 4. The van der Waals surface area contributed by atoms with Gasteiger partial charge >= 0.3 is 0 Å². The van der Waals surface area contributed by atoms with Gasteiger partial charge in [0.2, 0.25) is 11.8 Å². The Kier molecular flexibility index (Phi) is 6.44. The average Bonchev–Trinajstić information content (AvgIpc) is 3.86. The van der Waals surface area contributed by atoms with E-state index >= 15 is 0 Å². The molecule has 3 aliphatic rings. The van der Waals surface area contributed by atoms with E-state index in [0.29, 0.717) is 28.5 Å². The van der Waals surface area contributed by atoms with Crippen molar-refractivity contribution in [3.8, 4) is 0 Å². The Morgan fingerprint density at radius 3 is 2.42 bits per heavy atom. The van der Waals surface area contributed by atoms with E-state index in [2.05, 4.69) is 10.6 Å². The second-order valence-corrected chi connectivity index (χ2v) is 10.7. The van der Waals surface area contributed by atoms with Crippen molar-refractivity contribution in [2.24, 2.45) is 17.8 Å². The first kappa shape index (κ1) is 24.3. The third kappa shape index (κ3) is 4.93. The zero-order valence-electron chi connectivity index (χ0n) is 21.1. The number of nitrogens with one attached hydrogen (secondary N) is 3. The van der Waals surface area contributed by atoms with Crippen molar-refractivity contribution < 1.29 is 15.4 Å². The molecule has 1 heterocycles. The molecule has 1 saturated heterocycles. The summed E-state index contributed by atoms with van der Waals surface area (Å²) in [4.78, 5) is 28.9. The molecule has 2 amide bonds. The molecule has 196 valence electrons. The molecule has 3 atom stereocenters. The summed E-state index contributed by atoms with van der Waals surface area (Å²) in [5, 5.41) is 14.6. The summed E-state index contributed by atoms with van der Waals surface area (Å²) in [6.45, 7) is 0. The number of halogens is 1. The molecule has 6 nitrogen and oxygen atoms in total. The largest absolute Gasteiger partial charge is 0.355 e. The van der Waals surface area contributed by atoms with Gasteiger partial charge in [0, 0.05) is 36.2 Å². The van der Waals surface area contributed by atoms with Crippen molar-refractivity contribution in [1.82, 2.24) is 5.32 Å². The lowest BCUT2D eigenvalue weighted by molar-refractivity contribution is -0.124. The van der Waals surface area contributed by atoms with Crippen molar-refractivity contribution in [1.29, 1.82) is 5.41 Å². The second-order valence-electron chi connectivity index (χ2n) is 10.7. The molecule has 0 spiro atoms. The van der Waals surface area contributed by atoms with Crippen molar-refractivity contribution in [2.75, 3.05) is 10.2 Å². The molecule has 3 N–H and O–H groups in total. The topological polar surface area (TPSA) is 85.3 Å². The maximum absolute atomic E-state index is 14.1. The molecule has 6 rings (SSSR count). The SMILES string of the molecule is N=Cc1cc(N2C(=O)C(CC3CC3)C(NC(=O)C3CC3)[C@H]2c2ccccc2)ccc1Nc1ccc(F)cc1.[HH]. The molecule has 38 heavy (non-hydrogen) atoms. The predicted octanol–water partition coefficient (Wildman–Crippen LogP) is 6.21. The predicted molar refractivity (Wildman–Crippen MR) is 148 cm³/mol. The van der Waals surface area contributed by atoms with Crippen LogP contribution in [0, 0.1) is 29.0 Å². The molecule has 3 aromatic rings. The quantitative estimate of drug-likeness (QED) is 0.298. The van der Waals surface area contributed by atoms with Gasteiger partial charge in [0.1, 0.15) is 5.82 Å². The molecular formula is C31H33FN4O2. The molecule has 1 aliphatic heterocycles. The van der Waals surface area contributed by atoms with Crippen LogP contribution in [0.5, 0.6) is 0 Å². The number of carbonyl (C=O) groups excluding carboxylic acids is 2. The normalized spacial score (nSPS) is 22.8. The van der Waals surface area contributed by atoms with E-state index in [1.807, 2.05) is 53.4 Å². The van der Waals surface area contributed by atoms with Gasteiger partial charge in [-0.1, -0.05) is 43.2 Å². The van der Waals surface area contributed by atoms with E-state index in [-0.39, 0.29) is 43.0 Å². The van der Waals surface area contributed by atoms with Crippen LogP contribution < -0.4 is 15.5 Å². The van der Waals surface area contributed by atoms with Crippen molar-refractivity contribution in [2.45, 2.75) is 44.2 Å². The third-order valence-electron chi connectivity index (χ3n) is 7.88. The first-order valence-electron chi connectivity index (χ1n) is 13.4. The highest BCUT2D eigenvalue weighted by Crippen LogP contribution is 2.47. The number of anilines is 3. The van der Waals surface area contributed by atoms with Gasteiger partial charge in [-0.25, -0.2) is 4.39 Å². The van der Waals surface area contributed by atoms with Crippen molar-refractivity contribution in [3.05, 3.63) is 89.7 Å². The smallest absolute Gasteiger partial charge is 0.232 e. The monoisotopic (exact) mass is 512 g/mol. The molecule has 0 bridgehead atoms. The number of benzene rings is 3. The Balaban J connectivity index is 0.00000308. The van der Waals surface area contributed by atoms with Crippen molar-refractivity contribution >= 4 is 35.1 Å². The van der Waals surface area contributed by atoms with Gasteiger partial charge in [0.15, 0.2) is 0 Å². The Labute approximate surface area is 223 Å². The Hall–Kier alpha value is -4.00. The summed E-state index contributed by atoms with van der Waals surface area (Å²) in [6.07, 6.45) is 6.10. The van der Waals surface area contributed by atoms with Gasteiger partial charge in [0.05, 0.1) is 18.0 Å². The van der Waals surface area contributed by atoms with Gasteiger partial charge < -0.3 is 20.9 Å². The van der Waals surface area contributed by atoms with Gasteiger partial charge in [-0.2, -0.15) is 0 Å². The highest BCUT2D eigenvalue weighted by atomic mass is 19.1. The van der Waals surface area contributed by atoms with Crippen molar-refractivity contribution in [3.63, 3.8) is 0 Å². The van der Waals surface area contributed by atoms with Crippen LogP contribution >= 0.6 is 0 Å². The van der Waals surface area contributed by atoms with Crippen LogP contribution in [0.25, 0.3) is 0 Å². The molecule has 3 aromatic carbocycles. The molecule has 2 saturated carbocycles. The summed E-state index contributed by atoms with van der Waals surface area (Å²) in [5.41, 5.74) is 3.66. The highest BCUT2D eigenvalue weighted by Gasteiger charge is 2.52. The van der Waals surface area contributed by atoms with E-state index in [4.69, 9.17) is 5.41 Å². The lowest BCUT2D eigenvalue weighted by atomic mass is 9.89. The fraction of sp³-hybridized carbons (Fsp3) is 0.323. The zero-order valence-corrected chi connectivity index (χ0v) is 21.1. The second kappa shape index (κ2) is 10.0. The molecule has 2 aliphatic carbocycles. The summed E-state index contributed by atoms with van der Waals surface area (Å²) in [5.74, 6) is 0.0311. The fourth-order valence-electron chi connectivity index (χ4n) is 5.53. The Morgan fingerprint density at radius 2 is 1.76 bits per heavy atom. The van der Waals surface area contributed by atoms with Crippen LogP contribution in [0.1, 0.15) is 50.7 Å². The van der Waals surface area contributed by atoms with Crippen LogP contribution in [0.2, 0.25) is 0 Å². The van der Waals surface area contributed by atoms with E-state index in [9.17, 15) is 14.0 Å². The lowest BCUT2D eigenvalue weighted by Gasteiger charge is -2.30. The van der Waals surface area contributed by atoms with Crippen LogP contribution in [0.4, 0.5) is 21.5 Å². The Bertz CT molecular complexity index is 1360. The number of amides is 2. The number of rotatable bonds is 9. The first-order valence-corrected chi connectivity index (χ1v) is 13.4. The Morgan fingerprint density at radius 1 is 1.03 bits per heavy atom. The maximum atomic E-state index is 14.1. The third-order valence-corrected chi connectivity index (χ3v) is 7.88. The summed E-state index contributed by atoms with van der Waals surface area (Å²) >= 11 is 0. The minimum atomic E-state index is -0.343. The van der Waals surface area contributed by atoms with E-state index in [1.54, 1.807) is 12.1 Å². The standard InChI is InChI=1S/C31H31FN4O2.H2/c32-23-10-12-24(13-11-23)34-27-15-14-25(17-22(27)18-33)36-29(20-4-2-1-3-5-20)28(35-30(37)21-8-9-21)26(31(36)38)16-19-6-7-19;/h1-5,10-15,17-19,21,26,28-29,33-34H,6-9,16H2,(H,35,37);1H/t26?,28?,29-;/m1./s1. The first-order chi connectivity index (χ1) is 18.5. The minimum absolute atomic E-state index is 0.